The Bertz CT molecular complexity index is 356. The van der Waals surface area contributed by atoms with Gasteiger partial charge in [0.1, 0.15) is 6.10 Å². The summed E-state index contributed by atoms with van der Waals surface area (Å²) >= 11 is 0. The van der Waals surface area contributed by atoms with Crippen molar-refractivity contribution in [3.63, 3.8) is 0 Å². The van der Waals surface area contributed by atoms with Crippen molar-refractivity contribution in [2.24, 2.45) is 5.92 Å². The molecule has 2 saturated heterocycles. The highest BCUT2D eigenvalue weighted by Gasteiger charge is 2.39. The van der Waals surface area contributed by atoms with Gasteiger partial charge in [0.05, 0.1) is 6.61 Å². The molecular formula is C16H28N2O2. The van der Waals surface area contributed by atoms with Gasteiger partial charge in [-0.2, -0.15) is 0 Å². The van der Waals surface area contributed by atoms with Crippen LogP contribution in [0.4, 0.5) is 0 Å². The predicted molar refractivity (Wildman–Crippen MR) is 78.5 cm³/mol. The Labute approximate surface area is 122 Å². The maximum absolute atomic E-state index is 12.6. The molecule has 0 aromatic rings. The highest BCUT2D eigenvalue weighted by atomic mass is 16.5. The first-order valence-electron chi connectivity index (χ1n) is 8.29. The second kappa shape index (κ2) is 6.02. The quantitative estimate of drug-likeness (QED) is 0.771. The zero-order chi connectivity index (χ0) is 14.1. The number of nitrogens with zero attached hydrogens (tertiary/aromatic N) is 2. The molecular weight excluding hydrogens is 252 g/mol. The molecule has 20 heavy (non-hydrogen) atoms. The highest BCUT2D eigenvalue weighted by molar-refractivity contribution is 5.81. The number of rotatable bonds is 5. The normalized spacial score (nSPS) is 32.8. The molecule has 4 nitrogen and oxygen atoms in total. The van der Waals surface area contributed by atoms with E-state index in [2.05, 4.69) is 16.8 Å². The van der Waals surface area contributed by atoms with Crippen LogP contribution >= 0.6 is 0 Å². The molecule has 3 atom stereocenters. The molecule has 114 valence electrons. The van der Waals surface area contributed by atoms with Crippen LogP contribution in [-0.4, -0.2) is 60.6 Å². The SMILES string of the molecule is C[C@H](OCC1CC1)C(=O)N1CCC[C@H]1[C@H]1CCCN1C. The lowest BCUT2D eigenvalue weighted by atomic mass is 10.0. The standard InChI is InChI=1S/C16H28N2O2/c1-12(20-11-13-7-8-13)16(19)18-10-4-6-15(18)14-5-3-9-17(14)2/h12-15H,3-11H2,1-2H3/t12-,14+,15-/m0/s1. The molecule has 1 saturated carbocycles. The van der Waals surface area contributed by atoms with E-state index >= 15 is 0 Å². The minimum absolute atomic E-state index is 0.216. The van der Waals surface area contributed by atoms with Crippen LogP contribution < -0.4 is 0 Å². The molecule has 3 aliphatic rings. The maximum Gasteiger partial charge on any atom is 0.251 e. The molecule has 2 heterocycles. The van der Waals surface area contributed by atoms with Gasteiger partial charge in [-0.1, -0.05) is 0 Å². The summed E-state index contributed by atoms with van der Waals surface area (Å²) in [7, 11) is 2.20. The van der Waals surface area contributed by atoms with E-state index in [4.69, 9.17) is 4.74 Å². The van der Waals surface area contributed by atoms with Gasteiger partial charge in [-0.15, -0.1) is 0 Å². The fourth-order valence-corrected chi connectivity index (χ4v) is 3.76. The molecule has 1 amide bonds. The van der Waals surface area contributed by atoms with Crippen molar-refractivity contribution in [2.45, 2.75) is 63.6 Å². The van der Waals surface area contributed by atoms with Gasteiger partial charge in [0, 0.05) is 18.6 Å². The zero-order valence-corrected chi connectivity index (χ0v) is 12.9. The first-order valence-corrected chi connectivity index (χ1v) is 8.29. The highest BCUT2D eigenvalue weighted by Crippen LogP contribution is 2.31. The van der Waals surface area contributed by atoms with Gasteiger partial charge in [0.15, 0.2) is 0 Å². The Hall–Kier alpha value is -0.610. The van der Waals surface area contributed by atoms with Gasteiger partial charge >= 0.3 is 0 Å². The number of hydrogen-bond acceptors (Lipinski definition) is 3. The van der Waals surface area contributed by atoms with E-state index in [1.54, 1.807) is 0 Å². The van der Waals surface area contributed by atoms with Crippen molar-refractivity contribution in [1.29, 1.82) is 0 Å². The number of likely N-dealkylation sites (N-methyl/N-ethyl adjacent to an activating group) is 1. The van der Waals surface area contributed by atoms with E-state index in [-0.39, 0.29) is 12.0 Å². The first-order chi connectivity index (χ1) is 9.66. The Morgan fingerprint density at radius 2 is 1.85 bits per heavy atom. The molecule has 3 rings (SSSR count). The van der Waals surface area contributed by atoms with Crippen molar-refractivity contribution in [3.05, 3.63) is 0 Å². The molecule has 3 fully saturated rings. The summed E-state index contributed by atoms with van der Waals surface area (Å²) in [5, 5.41) is 0. The fraction of sp³-hybridized carbons (Fsp3) is 0.938. The smallest absolute Gasteiger partial charge is 0.251 e. The number of carbonyl (C=O) groups excluding carboxylic acids is 1. The van der Waals surface area contributed by atoms with Crippen molar-refractivity contribution in [2.75, 3.05) is 26.7 Å². The summed E-state index contributed by atoms with van der Waals surface area (Å²) in [5.74, 6) is 0.939. The number of likely N-dealkylation sites (tertiary alicyclic amines) is 2. The molecule has 2 aliphatic heterocycles. The van der Waals surface area contributed by atoms with E-state index < -0.39 is 0 Å². The lowest BCUT2D eigenvalue weighted by Gasteiger charge is -2.34. The molecule has 0 bridgehead atoms. The van der Waals surface area contributed by atoms with Crippen LogP contribution in [0.5, 0.6) is 0 Å². The first kappa shape index (κ1) is 14.3. The molecule has 0 radical (unpaired) electrons. The monoisotopic (exact) mass is 280 g/mol. The van der Waals surface area contributed by atoms with E-state index in [9.17, 15) is 4.79 Å². The third-order valence-electron chi connectivity index (χ3n) is 5.23. The van der Waals surface area contributed by atoms with Gasteiger partial charge in [0.2, 0.25) is 0 Å². The zero-order valence-electron chi connectivity index (χ0n) is 12.9. The Morgan fingerprint density at radius 1 is 1.15 bits per heavy atom. The second-order valence-electron chi connectivity index (χ2n) is 6.85. The number of ether oxygens (including phenoxy) is 1. The number of amides is 1. The van der Waals surface area contributed by atoms with Crippen LogP contribution in [0.1, 0.15) is 45.4 Å². The molecule has 4 heteroatoms. The van der Waals surface area contributed by atoms with Crippen LogP contribution in [0.25, 0.3) is 0 Å². The Morgan fingerprint density at radius 3 is 2.50 bits per heavy atom. The molecule has 0 spiro atoms. The minimum Gasteiger partial charge on any atom is -0.368 e. The van der Waals surface area contributed by atoms with E-state index in [0.29, 0.717) is 12.1 Å². The third kappa shape index (κ3) is 3.01. The molecule has 1 aliphatic carbocycles. The van der Waals surface area contributed by atoms with Crippen LogP contribution in [0, 0.1) is 5.92 Å². The van der Waals surface area contributed by atoms with E-state index in [1.807, 2.05) is 6.92 Å². The maximum atomic E-state index is 12.6. The number of carbonyl (C=O) groups is 1. The largest absolute Gasteiger partial charge is 0.368 e. The van der Waals surface area contributed by atoms with Crippen LogP contribution in [0.3, 0.4) is 0 Å². The average Bonchev–Trinajstić information content (AvgIpc) is 2.97. The fourth-order valence-electron chi connectivity index (χ4n) is 3.76. The van der Waals surface area contributed by atoms with E-state index in [1.165, 1.54) is 32.2 Å². The minimum atomic E-state index is -0.261. The average molecular weight is 280 g/mol. The van der Waals surface area contributed by atoms with Crippen molar-refractivity contribution in [1.82, 2.24) is 9.80 Å². The topological polar surface area (TPSA) is 32.8 Å². The summed E-state index contributed by atoms with van der Waals surface area (Å²) in [6, 6.07) is 0.985. The summed E-state index contributed by atoms with van der Waals surface area (Å²) in [6.07, 6.45) is 7.12. The van der Waals surface area contributed by atoms with Crippen LogP contribution in [0.2, 0.25) is 0 Å². The van der Waals surface area contributed by atoms with Crippen molar-refractivity contribution in [3.8, 4) is 0 Å². The van der Waals surface area contributed by atoms with Gasteiger partial charge in [-0.25, -0.2) is 0 Å². The van der Waals surface area contributed by atoms with Crippen molar-refractivity contribution >= 4 is 5.91 Å². The van der Waals surface area contributed by atoms with Crippen molar-refractivity contribution < 1.29 is 9.53 Å². The molecule has 0 aromatic heterocycles. The Balaban J connectivity index is 1.57. The predicted octanol–water partition coefficient (Wildman–Crippen LogP) is 1.89. The lowest BCUT2D eigenvalue weighted by molar-refractivity contribution is -0.144. The van der Waals surface area contributed by atoms with Gasteiger partial charge in [0.25, 0.3) is 5.91 Å². The van der Waals surface area contributed by atoms with E-state index in [0.717, 1.165) is 31.9 Å². The summed E-state index contributed by atoms with van der Waals surface area (Å²) in [6.45, 7) is 4.80. The molecule has 0 unspecified atom stereocenters. The Kier molecular flexibility index (Phi) is 4.32. The number of hydrogen-bond donors (Lipinski definition) is 0. The van der Waals surface area contributed by atoms with Crippen LogP contribution in [0.15, 0.2) is 0 Å². The summed E-state index contributed by atoms with van der Waals surface area (Å²) < 4.78 is 5.77. The lowest BCUT2D eigenvalue weighted by Crippen LogP contribution is -2.50. The van der Waals surface area contributed by atoms with Crippen LogP contribution in [-0.2, 0) is 9.53 Å². The third-order valence-corrected chi connectivity index (χ3v) is 5.23. The second-order valence-corrected chi connectivity index (χ2v) is 6.85. The van der Waals surface area contributed by atoms with Gasteiger partial charge in [-0.05, 0) is 65.0 Å². The van der Waals surface area contributed by atoms with Gasteiger partial charge in [-0.3, -0.25) is 4.79 Å². The molecule has 0 N–H and O–H groups in total. The summed E-state index contributed by atoms with van der Waals surface area (Å²) in [4.78, 5) is 17.2. The molecule has 0 aromatic carbocycles. The summed E-state index contributed by atoms with van der Waals surface area (Å²) in [5.41, 5.74) is 0. The van der Waals surface area contributed by atoms with Gasteiger partial charge < -0.3 is 14.5 Å².